The van der Waals surface area contributed by atoms with Crippen LogP contribution in [-0.4, -0.2) is 34.9 Å². The number of hydrogen-bond acceptors (Lipinski definition) is 3. The Balaban J connectivity index is 1.40. The zero-order valence-corrected chi connectivity index (χ0v) is 16.5. The summed E-state index contributed by atoms with van der Waals surface area (Å²) in [7, 11) is 0. The number of carbonyl (C=O) groups is 1. The lowest BCUT2D eigenvalue weighted by molar-refractivity contribution is -0.176. The number of benzene rings is 2. The monoisotopic (exact) mass is 420 g/mol. The first-order valence-corrected chi connectivity index (χ1v) is 9.48. The predicted molar refractivity (Wildman–Crippen MR) is 107 cm³/mol. The van der Waals surface area contributed by atoms with Gasteiger partial charge in [-0.25, -0.2) is 9.78 Å². The molecule has 0 aliphatic carbocycles. The molecule has 3 rings (SSSR count). The number of aromatic nitrogens is 2. The van der Waals surface area contributed by atoms with E-state index in [4.69, 9.17) is 0 Å². The highest BCUT2D eigenvalue weighted by molar-refractivity contribution is 5.76. The van der Waals surface area contributed by atoms with Crippen molar-refractivity contribution >= 4 is 17.1 Å². The van der Waals surface area contributed by atoms with E-state index in [9.17, 15) is 18.0 Å². The number of nitrogens with zero attached hydrogens (tertiary/aromatic N) is 2. The second-order valence-corrected chi connectivity index (χ2v) is 6.83. The molecule has 30 heavy (non-hydrogen) atoms. The van der Waals surface area contributed by atoms with Crippen LogP contribution < -0.4 is 10.6 Å². The molecule has 0 atom stereocenters. The molecule has 0 saturated heterocycles. The summed E-state index contributed by atoms with van der Waals surface area (Å²) in [6.07, 6.45) is -4.33. The maximum Gasteiger partial charge on any atom is 0.411 e. The Labute approximate surface area is 172 Å². The van der Waals surface area contributed by atoms with Gasteiger partial charge in [0.2, 0.25) is 0 Å². The van der Waals surface area contributed by atoms with Gasteiger partial charge in [-0.15, -0.1) is 0 Å². The number of urea groups is 1. The Bertz CT molecular complexity index is 984. The Morgan fingerprint density at radius 2 is 1.77 bits per heavy atom. The maximum atomic E-state index is 12.1. The van der Waals surface area contributed by atoms with Crippen molar-refractivity contribution in [2.75, 3.05) is 13.2 Å². The minimum absolute atomic E-state index is 0.115. The van der Waals surface area contributed by atoms with Crippen LogP contribution in [0.4, 0.5) is 18.0 Å². The molecule has 0 fully saturated rings. The SMILES string of the molecule is Cc1nc2ccccc2n1CCNC(=O)NCc1ccc(COCC(F)(F)F)cc1. The van der Waals surface area contributed by atoms with Crippen LogP contribution >= 0.6 is 0 Å². The van der Waals surface area contributed by atoms with E-state index in [0.29, 0.717) is 25.2 Å². The van der Waals surface area contributed by atoms with Gasteiger partial charge in [0.15, 0.2) is 0 Å². The number of alkyl halides is 3. The minimum Gasteiger partial charge on any atom is -0.367 e. The summed E-state index contributed by atoms with van der Waals surface area (Å²) in [6.45, 7) is 1.90. The van der Waals surface area contributed by atoms with Gasteiger partial charge >= 0.3 is 12.2 Å². The van der Waals surface area contributed by atoms with E-state index in [-0.39, 0.29) is 12.6 Å². The number of fused-ring (bicyclic) bond motifs is 1. The van der Waals surface area contributed by atoms with Gasteiger partial charge in [0.05, 0.1) is 17.6 Å². The van der Waals surface area contributed by atoms with Gasteiger partial charge in [-0.3, -0.25) is 0 Å². The summed E-state index contributed by atoms with van der Waals surface area (Å²) >= 11 is 0. The summed E-state index contributed by atoms with van der Waals surface area (Å²) in [5.74, 6) is 0.887. The van der Waals surface area contributed by atoms with E-state index >= 15 is 0 Å². The molecule has 0 radical (unpaired) electrons. The van der Waals surface area contributed by atoms with Crippen molar-refractivity contribution in [3.05, 3.63) is 65.5 Å². The number of para-hydroxylation sites is 2. The average molecular weight is 420 g/mol. The Kier molecular flexibility index (Phi) is 6.94. The van der Waals surface area contributed by atoms with Crippen LogP contribution in [0.25, 0.3) is 11.0 Å². The number of ether oxygens (including phenoxy) is 1. The van der Waals surface area contributed by atoms with Crippen LogP contribution in [-0.2, 0) is 24.4 Å². The molecule has 0 spiro atoms. The summed E-state index contributed by atoms with van der Waals surface area (Å²) in [4.78, 5) is 16.5. The van der Waals surface area contributed by atoms with Crippen LogP contribution in [0.5, 0.6) is 0 Å². The molecular formula is C21H23F3N4O2. The van der Waals surface area contributed by atoms with Crippen molar-refractivity contribution in [2.45, 2.75) is 32.8 Å². The van der Waals surface area contributed by atoms with Gasteiger partial charge in [0.25, 0.3) is 0 Å². The zero-order chi connectivity index (χ0) is 21.6. The molecule has 2 aromatic carbocycles. The second-order valence-electron chi connectivity index (χ2n) is 6.83. The topological polar surface area (TPSA) is 68.2 Å². The number of halogens is 3. The molecule has 160 valence electrons. The Morgan fingerprint density at radius 1 is 1.07 bits per heavy atom. The quantitative estimate of drug-likeness (QED) is 0.580. The van der Waals surface area contributed by atoms with Gasteiger partial charge in [0.1, 0.15) is 12.4 Å². The first kappa shape index (κ1) is 21.6. The smallest absolute Gasteiger partial charge is 0.367 e. The molecular weight excluding hydrogens is 397 g/mol. The average Bonchev–Trinajstić information content (AvgIpc) is 3.02. The molecule has 3 aromatic rings. The molecule has 0 unspecified atom stereocenters. The minimum atomic E-state index is -4.33. The third-order valence-electron chi connectivity index (χ3n) is 4.48. The first-order valence-electron chi connectivity index (χ1n) is 9.48. The molecule has 0 bridgehead atoms. The largest absolute Gasteiger partial charge is 0.411 e. The summed E-state index contributed by atoms with van der Waals surface area (Å²) in [5.41, 5.74) is 3.42. The number of rotatable bonds is 8. The van der Waals surface area contributed by atoms with Gasteiger partial charge in [0, 0.05) is 19.6 Å². The highest BCUT2D eigenvalue weighted by Gasteiger charge is 2.27. The number of hydrogen-bond donors (Lipinski definition) is 2. The maximum absolute atomic E-state index is 12.1. The lowest BCUT2D eigenvalue weighted by Crippen LogP contribution is -2.36. The number of nitrogens with one attached hydrogen (secondary N) is 2. The normalized spacial score (nSPS) is 11.6. The second kappa shape index (κ2) is 9.62. The van der Waals surface area contributed by atoms with E-state index < -0.39 is 12.8 Å². The van der Waals surface area contributed by atoms with E-state index in [2.05, 4.69) is 24.9 Å². The number of aryl methyl sites for hydroxylation is 1. The zero-order valence-electron chi connectivity index (χ0n) is 16.5. The highest BCUT2D eigenvalue weighted by atomic mass is 19.4. The first-order chi connectivity index (χ1) is 14.3. The third-order valence-corrected chi connectivity index (χ3v) is 4.48. The van der Waals surface area contributed by atoms with Crippen molar-refractivity contribution in [1.29, 1.82) is 0 Å². The molecule has 1 aromatic heterocycles. The van der Waals surface area contributed by atoms with Crippen molar-refractivity contribution in [2.24, 2.45) is 0 Å². The van der Waals surface area contributed by atoms with Crippen LogP contribution in [0.1, 0.15) is 17.0 Å². The summed E-state index contributed by atoms with van der Waals surface area (Å²) in [6, 6.07) is 14.4. The number of imidazole rings is 1. The van der Waals surface area contributed by atoms with Crippen molar-refractivity contribution in [3.8, 4) is 0 Å². The van der Waals surface area contributed by atoms with Gasteiger partial charge in [-0.1, -0.05) is 36.4 Å². The molecule has 2 amide bonds. The van der Waals surface area contributed by atoms with Crippen molar-refractivity contribution < 1.29 is 22.7 Å². The van der Waals surface area contributed by atoms with Crippen molar-refractivity contribution in [3.63, 3.8) is 0 Å². The summed E-state index contributed by atoms with van der Waals surface area (Å²) in [5, 5.41) is 5.57. The number of carbonyl (C=O) groups excluding carboxylic acids is 1. The standard InChI is InChI=1S/C21H23F3N4O2/c1-15-27-18-4-2-3-5-19(18)28(15)11-10-25-20(29)26-12-16-6-8-17(9-7-16)13-30-14-21(22,23)24/h2-9H,10-14H2,1H3,(H2,25,26,29). The molecule has 6 nitrogen and oxygen atoms in total. The fraction of sp³-hybridized carbons (Fsp3) is 0.333. The molecule has 0 aliphatic rings. The van der Waals surface area contributed by atoms with E-state index in [1.807, 2.05) is 31.2 Å². The van der Waals surface area contributed by atoms with Gasteiger partial charge in [-0.05, 0) is 30.2 Å². The molecule has 9 heteroatoms. The molecule has 1 heterocycles. The van der Waals surface area contributed by atoms with Crippen molar-refractivity contribution in [1.82, 2.24) is 20.2 Å². The molecule has 0 saturated carbocycles. The van der Waals surface area contributed by atoms with E-state index in [1.54, 1.807) is 24.3 Å². The van der Waals surface area contributed by atoms with Crippen LogP contribution in [0, 0.1) is 6.92 Å². The fourth-order valence-corrected chi connectivity index (χ4v) is 3.04. The van der Waals surface area contributed by atoms with Crippen LogP contribution in [0.3, 0.4) is 0 Å². The van der Waals surface area contributed by atoms with Gasteiger partial charge in [-0.2, -0.15) is 13.2 Å². The summed E-state index contributed by atoms with van der Waals surface area (Å²) < 4.78 is 42.9. The Hall–Kier alpha value is -3.07. The predicted octanol–water partition coefficient (Wildman–Crippen LogP) is 3.92. The van der Waals surface area contributed by atoms with E-state index in [0.717, 1.165) is 22.4 Å². The lowest BCUT2D eigenvalue weighted by atomic mass is 10.1. The third kappa shape index (κ3) is 6.21. The van der Waals surface area contributed by atoms with Gasteiger partial charge < -0.3 is 19.9 Å². The molecule has 2 N–H and O–H groups in total. The Morgan fingerprint density at radius 3 is 2.50 bits per heavy atom. The number of amides is 2. The highest BCUT2D eigenvalue weighted by Crippen LogP contribution is 2.16. The van der Waals surface area contributed by atoms with Crippen LogP contribution in [0.15, 0.2) is 48.5 Å². The van der Waals surface area contributed by atoms with Crippen LogP contribution in [0.2, 0.25) is 0 Å². The van der Waals surface area contributed by atoms with E-state index in [1.165, 1.54) is 0 Å². The lowest BCUT2D eigenvalue weighted by Gasteiger charge is -2.11. The molecule has 0 aliphatic heterocycles. The fourth-order valence-electron chi connectivity index (χ4n) is 3.04.